The lowest BCUT2D eigenvalue weighted by molar-refractivity contribution is -0.118. The van der Waals surface area contributed by atoms with Crippen molar-refractivity contribution in [3.8, 4) is 11.5 Å². The van der Waals surface area contributed by atoms with E-state index < -0.39 is 11.7 Å². The molecule has 0 bridgehead atoms. The van der Waals surface area contributed by atoms with Gasteiger partial charge in [-0.25, -0.2) is 4.39 Å². The summed E-state index contributed by atoms with van der Waals surface area (Å²) in [5.41, 5.74) is 1.56. The molecular formula is C23H20ClFN2O3. The highest BCUT2D eigenvalue weighted by molar-refractivity contribution is 6.32. The van der Waals surface area contributed by atoms with Gasteiger partial charge in [-0.05, 0) is 55.0 Å². The molecule has 7 heteroatoms. The molecular weight excluding hydrogens is 407 g/mol. The first kappa shape index (κ1) is 21.3. The SMILES string of the molecule is CCOc1ccccc1N=Cc1ccc(OCC(=O)Nc2ccccc2F)c(Cl)c1. The zero-order chi connectivity index (χ0) is 21.3. The fourth-order valence-electron chi connectivity index (χ4n) is 2.59. The average Bonchev–Trinajstić information content (AvgIpc) is 2.74. The second-order valence-electron chi connectivity index (χ2n) is 6.17. The van der Waals surface area contributed by atoms with Gasteiger partial charge in [0.25, 0.3) is 5.91 Å². The van der Waals surface area contributed by atoms with E-state index in [2.05, 4.69) is 10.3 Å². The van der Waals surface area contributed by atoms with E-state index in [1.165, 1.54) is 12.1 Å². The number of halogens is 2. The van der Waals surface area contributed by atoms with Gasteiger partial charge in [0.05, 0.1) is 17.3 Å². The van der Waals surface area contributed by atoms with Crippen molar-refractivity contribution in [1.29, 1.82) is 0 Å². The van der Waals surface area contributed by atoms with Crippen molar-refractivity contribution in [1.82, 2.24) is 0 Å². The van der Waals surface area contributed by atoms with Gasteiger partial charge < -0.3 is 14.8 Å². The van der Waals surface area contributed by atoms with Crippen molar-refractivity contribution >= 4 is 35.1 Å². The van der Waals surface area contributed by atoms with E-state index in [0.717, 1.165) is 5.56 Å². The first-order valence-corrected chi connectivity index (χ1v) is 9.67. The van der Waals surface area contributed by atoms with Gasteiger partial charge in [-0.15, -0.1) is 0 Å². The summed E-state index contributed by atoms with van der Waals surface area (Å²) in [6.07, 6.45) is 1.67. The Balaban J connectivity index is 1.61. The number of aliphatic imine (C=N–C) groups is 1. The van der Waals surface area contributed by atoms with Gasteiger partial charge in [-0.3, -0.25) is 9.79 Å². The van der Waals surface area contributed by atoms with Crippen LogP contribution in [0.5, 0.6) is 11.5 Å². The van der Waals surface area contributed by atoms with Gasteiger partial charge >= 0.3 is 0 Å². The van der Waals surface area contributed by atoms with Crippen molar-refractivity contribution in [2.75, 3.05) is 18.5 Å². The number of hydrogen-bond acceptors (Lipinski definition) is 4. The normalized spacial score (nSPS) is 10.8. The summed E-state index contributed by atoms with van der Waals surface area (Å²) in [7, 11) is 0. The molecule has 0 saturated carbocycles. The molecule has 0 aliphatic carbocycles. The highest BCUT2D eigenvalue weighted by atomic mass is 35.5. The fourth-order valence-corrected chi connectivity index (χ4v) is 2.84. The predicted molar refractivity (Wildman–Crippen MR) is 117 cm³/mol. The van der Waals surface area contributed by atoms with Crippen molar-refractivity contribution in [3.63, 3.8) is 0 Å². The van der Waals surface area contributed by atoms with Gasteiger partial charge in [0.2, 0.25) is 0 Å². The van der Waals surface area contributed by atoms with Crippen molar-refractivity contribution in [2.45, 2.75) is 6.92 Å². The molecule has 3 aromatic carbocycles. The summed E-state index contributed by atoms with van der Waals surface area (Å²) in [4.78, 5) is 16.4. The minimum atomic E-state index is -0.515. The van der Waals surface area contributed by atoms with Crippen LogP contribution in [0.25, 0.3) is 0 Å². The number of para-hydroxylation sites is 3. The number of nitrogens with zero attached hydrogens (tertiary/aromatic N) is 1. The highest BCUT2D eigenvalue weighted by Gasteiger charge is 2.09. The van der Waals surface area contributed by atoms with Crippen LogP contribution >= 0.6 is 11.6 Å². The molecule has 0 aromatic heterocycles. The van der Waals surface area contributed by atoms with Crippen molar-refractivity contribution in [2.24, 2.45) is 4.99 Å². The van der Waals surface area contributed by atoms with Crippen molar-refractivity contribution < 1.29 is 18.7 Å². The average molecular weight is 427 g/mol. The molecule has 0 saturated heterocycles. The zero-order valence-electron chi connectivity index (χ0n) is 16.3. The molecule has 0 heterocycles. The fraction of sp³-hybridized carbons (Fsp3) is 0.130. The minimum absolute atomic E-state index is 0.0936. The Morgan fingerprint density at radius 3 is 2.60 bits per heavy atom. The van der Waals surface area contributed by atoms with Crippen LogP contribution in [-0.2, 0) is 4.79 Å². The number of carbonyl (C=O) groups excluding carboxylic acids is 1. The molecule has 1 amide bonds. The summed E-state index contributed by atoms with van der Waals surface area (Å²) in [6, 6.07) is 18.5. The Kier molecular flexibility index (Phi) is 7.40. The van der Waals surface area contributed by atoms with Crippen LogP contribution in [-0.4, -0.2) is 25.3 Å². The van der Waals surface area contributed by atoms with Gasteiger partial charge in [0.1, 0.15) is 23.0 Å². The minimum Gasteiger partial charge on any atom is -0.492 e. The van der Waals surface area contributed by atoms with E-state index in [4.69, 9.17) is 21.1 Å². The van der Waals surface area contributed by atoms with Gasteiger partial charge in [0.15, 0.2) is 6.61 Å². The summed E-state index contributed by atoms with van der Waals surface area (Å²) in [6.45, 7) is 2.16. The third kappa shape index (κ3) is 5.81. The van der Waals surface area contributed by atoms with Crippen LogP contribution in [0.2, 0.25) is 5.02 Å². The molecule has 30 heavy (non-hydrogen) atoms. The van der Waals surface area contributed by atoms with Gasteiger partial charge in [0, 0.05) is 6.21 Å². The molecule has 0 aliphatic heterocycles. The van der Waals surface area contributed by atoms with E-state index in [-0.39, 0.29) is 12.3 Å². The first-order chi connectivity index (χ1) is 14.6. The highest BCUT2D eigenvalue weighted by Crippen LogP contribution is 2.28. The number of nitrogens with one attached hydrogen (secondary N) is 1. The van der Waals surface area contributed by atoms with E-state index in [9.17, 15) is 9.18 Å². The second-order valence-corrected chi connectivity index (χ2v) is 6.57. The summed E-state index contributed by atoms with van der Waals surface area (Å²) < 4.78 is 24.6. The Hall–Kier alpha value is -3.38. The zero-order valence-corrected chi connectivity index (χ0v) is 17.0. The molecule has 0 radical (unpaired) electrons. The third-order valence-electron chi connectivity index (χ3n) is 3.98. The number of carbonyl (C=O) groups is 1. The number of ether oxygens (including phenoxy) is 2. The van der Waals surface area contributed by atoms with Crippen LogP contribution in [0, 0.1) is 5.82 Å². The van der Waals surface area contributed by atoms with Crippen LogP contribution < -0.4 is 14.8 Å². The lowest BCUT2D eigenvalue weighted by Crippen LogP contribution is -2.20. The molecule has 3 rings (SSSR count). The van der Waals surface area contributed by atoms with Crippen LogP contribution in [0.1, 0.15) is 12.5 Å². The van der Waals surface area contributed by atoms with E-state index in [0.29, 0.717) is 28.8 Å². The number of hydrogen-bond donors (Lipinski definition) is 1. The molecule has 1 N–H and O–H groups in total. The summed E-state index contributed by atoms with van der Waals surface area (Å²) >= 11 is 6.26. The molecule has 154 valence electrons. The third-order valence-corrected chi connectivity index (χ3v) is 4.28. The Labute approximate surface area is 179 Å². The number of rotatable bonds is 8. The summed E-state index contributed by atoms with van der Waals surface area (Å²) in [5, 5.41) is 2.78. The maximum absolute atomic E-state index is 13.6. The van der Waals surface area contributed by atoms with E-state index in [1.54, 1.807) is 36.5 Å². The monoisotopic (exact) mass is 426 g/mol. The first-order valence-electron chi connectivity index (χ1n) is 9.29. The topological polar surface area (TPSA) is 59.9 Å². The van der Waals surface area contributed by atoms with Crippen molar-refractivity contribution in [3.05, 3.63) is 83.1 Å². The summed E-state index contributed by atoms with van der Waals surface area (Å²) in [5.74, 6) is 0.0307. The second kappa shape index (κ2) is 10.4. The maximum atomic E-state index is 13.6. The molecule has 0 atom stereocenters. The molecule has 0 spiro atoms. The lowest BCUT2D eigenvalue weighted by atomic mass is 10.2. The Bertz CT molecular complexity index is 1060. The predicted octanol–water partition coefficient (Wildman–Crippen LogP) is 5.65. The number of anilines is 1. The lowest BCUT2D eigenvalue weighted by Gasteiger charge is -2.10. The largest absolute Gasteiger partial charge is 0.492 e. The molecule has 3 aromatic rings. The van der Waals surface area contributed by atoms with E-state index >= 15 is 0 Å². The van der Waals surface area contributed by atoms with E-state index in [1.807, 2.05) is 31.2 Å². The van der Waals surface area contributed by atoms with Gasteiger partial charge in [-0.2, -0.15) is 0 Å². The standard InChI is InChI=1S/C23H20ClFN2O3/c1-2-29-22-10-6-5-9-20(22)26-14-16-11-12-21(17(24)13-16)30-15-23(28)27-19-8-4-3-7-18(19)25/h3-14H,2,15H2,1H3,(H,27,28). The maximum Gasteiger partial charge on any atom is 0.262 e. The molecule has 0 fully saturated rings. The quantitative estimate of drug-likeness (QED) is 0.474. The van der Waals surface area contributed by atoms with Gasteiger partial charge in [-0.1, -0.05) is 35.9 Å². The Morgan fingerprint density at radius 1 is 1.07 bits per heavy atom. The van der Waals surface area contributed by atoms with Crippen LogP contribution in [0.15, 0.2) is 71.7 Å². The smallest absolute Gasteiger partial charge is 0.262 e. The number of benzene rings is 3. The number of amides is 1. The molecule has 0 aliphatic rings. The molecule has 5 nitrogen and oxygen atoms in total. The van der Waals surface area contributed by atoms with Crippen LogP contribution in [0.4, 0.5) is 15.8 Å². The van der Waals surface area contributed by atoms with Crippen LogP contribution in [0.3, 0.4) is 0 Å². The Morgan fingerprint density at radius 2 is 1.83 bits per heavy atom. The molecule has 0 unspecified atom stereocenters.